The summed E-state index contributed by atoms with van der Waals surface area (Å²) in [6.45, 7) is 6.50. The molecule has 0 N–H and O–H groups in total. The smallest absolute Gasteiger partial charge is 0.306 e. The summed E-state index contributed by atoms with van der Waals surface area (Å²) in [6, 6.07) is 0. The first-order valence-electron chi connectivity index (χ1n) is 32.7. The first-order chi connectivity index (χ1) is 38.0. The third-order valence-corrected chi connectivity index (χ3v) is 14.1. The number of rotatable bonds is 59. The molecule has 0 saturated heterocycles. The summed E-state index contributed by atoms with van der Waals surface area (Å²) < 4.78 is 16.9. The van der Waals surface area contributed by atoms with Crippen molar-refractivity contribution in [3.63, 3.8) is 0 Å². The number of esters is 3. The van der Waals surface area contributed by atoms with Crippen LogP contribution >= 0.6 is 0 Å². The van der Waals surface area contributed by atoms with Crippen LogP contribution in [0.15, 0.2) is 97.2 Å². The zero-order valence-corrected chi connectivity index (χ0v) is 50.7. The van der Waals surface area contributed by atoms with Gasteiger partial charge in [-0.25, -0.2) is 0 Å². The molecule has 6 heteroatoms. The topological polar surface area (TPSA) is 78.9 Å². The molecule has 0 aliphatic heterocycles. The lowest BCUT2D eigenvalue weighted by molar-refractivity contribution is -0.167. The van der Waals surface area contributed by atoms with E-state index < -0.39 is 6.10 Å². The lowest BCUT2D eigenvalue weighted by atomic mass is 10.0. The minimum absolute atomic E-state index is 0.0981. The second kappa shape index (κ2) is 64.9. The van der Waals surface area contributed by atoms with Crippen molar-refractivity contribution in [1.82, 2.24) is 0 Å². The Bertz CT molecular complexity index is 1510. The monoisotopic (exact) mass is 1070 g/mol. The number of allylic oxidation sites excluding steroid dienone is 16. The first-order valence-corrected chi connectivity index (χ1v) is 32.7. The zero-order valence-electron chi connectivity index (χ0n) is 50.7. The van der Waals surface area contributed by atoms with Crippen molar-refractivity contribution >= 4 is 17.9 Å². The molecule has 0 aromatic heterocycles. The molecule has 77 heavy (non-hydrogen) atoms. The molecular formula is C71H122O6. The summed E-state index contributed by atoms with van der Waals surface area (Å²) >= 11 is 0. The molecule has 1 atom stereocenters. The predicted octanol–water partition coefficient (Wildman–Crippen LogP) is 22.4. The Labute approximate surface area is 477 Å². The lowest BCUT2D eigenvalue weighted by Crippen LogP contribution is -2.30. The van der Waals surface area contributed by atoms with Gasteiger partial charge in [-0.05, 0) is 96.3 Å². The van der Waals surface area contributed by atoms with E-state index in [1.54, 1.807) is 0 Å². The highest BCUT2D eigenvalue weighted by Crippen LogP contribution is 2.16. The average molecular weight is 1070 g/mol. The Hall–Kier alpha value is -3.67. The van der Waals surface area contributed by atoms with Crippen LogP contribution in [0.25, 0.3) is 0 Å². The molecular weight excluding hydrogens is 949 g/mol. The van der Waals surface area contributed by atoms with Crippen LogP contribution in [-0.4, -0.2) is 37.2 Å². The van der Waals surface area contributed by atoms with E-state index in [0.717, 1.165) is 89.9 Å². The largest absolute Gasteiger partial charge is 0.462 e. The first kappa shape index (κ1) is 73.3. The molecule has 1 unspecified atom stereocenters. The normalized spacial score (nSPS) is 12.7. The second-order valence-corrected chi connectivity index (χ2v) is 21.6. The van der Waals surface area contributed by atoms with E-state index in [1.165, 1.54) is 180 Å². The van der Waals surface area contributed by atoms with Crippen molar-refractivity contribution in [3.8, 4) is 0 Å². The average Bonchev–Trinajstić information content (AvgIpc) is 3.43. The molecule has 0 rings (SSSR count). The van der Waals surface area contributed by atoms with Crippen LogP contribution in [0.2, 0.25) is 0 Å². The molecule has 0 radical (unpaired) electrons. The highest BCUT2D eigenvalue weighted by molar-refractivity contribution is 5.71. The van der Waals surface area contributed by atoms with Gasteiger partial charge < -0.3 is 14.2 Å². The van der Waals surface area contributed by atoms with Crippen molar-refractivity contribution < 1.29 is 28.6 Å². The lowest BCUT2D eigenvalue weighted by Gasteiger charge is -2.18. The van der Waals surface area contributed by atoms with E-state index in [0.29, 0.717) is 19.3 Å². The van der Waals surface area contributed by atoms with E-state index >= 15 is 0 Å². The molecule has 0 heterocycles. The van der Waals surface area contributed by atoms with Crippen LogP contribution in [0.1, 0.15) is 316 Å². The summed E-state index contributed by atoms with van der Waals surface area (Å²) in [5.41, 5.74) is 0. The number of unbranched alkanes of at least 4 members (excludes halogenated alkanes) is 32. The van der Waals surface area contributed by atoms with Crippen LogP contribution < -0.4 is 0 Å². The van der Waals surface area contributed by atoms with Gasteiger partial charge in [-0.15, -0.1) is 0 Å². The van der Waals surface area contributed by atoms with Crippen LogP contribution in [0.4, 0.5) is 0 Å². The zero-order chi connectivity index (χ0) is 55.7. The molecule has 0 amide bonds. The molecule has 0 aromatic carbocycles. The molecule has 6 nitrogen and oxygen atoms in total. The van der Waals surface area contributed by atoms with Gasteiger partial charge in [0.1, 0.15) is 13.2 Å². The number of hydrogen-bond donors (Lipinski definition) is 0. The van der Waals surface area contributed by atoms with Gasteiger partial charge in [-0.1, -0.05) is 298 Å². The maximum Gasteiger partial charge on any atom is 0.306 e. The Balaban J connectivity index is 4.35. The fourth-order valence-corrected chi connectivity index (χ4v) is 9.19. The molecule has 0 aromatic rings. The Kier molecular flexibility index (Phi) is 61.8. The number of hydrogen-bond acceptors (Lipinski definition) is 6. The number of ether oxygens (including phenoxy) is 3. The maximum atomic E-state index is 12.9. The van der Waals surface area contributed by atoms with E-state index in [-0.39, 0.29) is 37.5 Å². The van der Waals surface area contributed by atoms with Gasteiger partial charge in [-0.3, -0.25) is 14.4 Å². The fraction of sp³-hybridized carbons (Fsp3) is 0.732. The molecule has 0 spiro atoms. The fourth-order valence-electron chi connectivity index (χ4n) is 9.19. The highest BCUT2D eigenvalue weighted by atomic mass is 16.6. The van der Waals surface area contributed by atoms with Crippen LogP contribution in [0.3, 0.4) is 0 Å². The number of carbonyl (C=O) groups is 3. The third kappa shape index (κ3) is 63.0. The quantitative estimate of drug-likeness (QED) is 0.0261. The molecule has 0 fully saturated rings. The molecule has 0 saturated carbocycles. The standard InChI is InChI=1S/C71H122O6/c1-4-7-10-13-16-19-22-24-26-28-30-32-34-35-37-38-40-42-44-46-49-52-55-58-61-64-70(73)76-67-68(66-75-69(72)63-60-57-54-51-48-21-18-15-12-9-6-3)77-71(74)65-62-59-56-53-50-47-45-43-41-39-36-33-31-29-27-25-23-20-17-14-11-8-5-2/h8,11,17,20,25,27-28,30-31,33,39,41,45,47,53,56,68H,4-7,9-10,12-16,18-19,21-24,26,29,32,34-38,40,42-44,46,48-52,54-55,57-67H2,1-3H3/b11-8-,20-17-,27-25-,30-28-,33-31-,41-39-,47-45-,56-53-. The number of carbonyl (C=O) groups excluding carboxylic acids is 3. The van der Waals surface area contributed by atoms with Crippen molar-refractivity contribution in [3.05, 3.63) is 97.2 Å². The van der Waals surface area contributed by atoms with Crippen LogP contribution in [-0.2, 0) is 28.6 Å². The summed E-state index contributed by atoms with van der Waals surface area (Å²) in [5.74, 6) is -0.948. The van der Waals surface area contributed by atoms with Gasteiger partial charge >= 0.3 is 17.9 Å². The van der Waals surface area contributed by atoms with Crippen LogP contribution in [0.5, 0.6) is 0 Å². The summed E-state index contributed by atoms with van der Waals surface area (Å²) in [4.78, 5) is 38.2. The highest BCUT2D eigenvalue weighted by Gasteiger charge is 2.19. The molecule has 0 aliphatic rings. The molecule has 0 aliphatic carbocycles. The maximum absolute atomic E-state index is 12.9. The van der Waals surface area contributed by atoms with E-state index in [2.05, 4.69) is 118 Å². The van der Waals surface area contributed by atoms with Gasteiger partial charge in [0.15, 0.2) is 6.10 Å². The Morgan fingerprint density at radius 1 is 0.273 bits per heavy atom. The van der Waals surface area contributed by atoms with Crippen molar-refractivity contribution in [2.75, 3.05) is 13.2 Å². The minimum Gasteiger partial charge on any atom is -0.462 e. The van der Waals surface area contributed by atoms with E-state index in [4.69, 9.17) is 14.2 Å². The summed E-state index contributed by atoms with van der Waals surface area (Å²) in [5, 5.41) is 0. The summed E-state index contributed by atoms with van der Waals surface area (Å²) in [6.07, 6.45) is 87.2. The van der Waals surface area contributed by atoms with Crippen molar-refractivity contribution in [1.29, 1.82) is 0 Å². The Morgan fingerprint density at radius 2 is 0.519 bits per heavy atom. The second-order valence-electron chi connectivity index (χ2n) is 21.6. The molecule has 0 bridgehead atoms. The molecule has 442 valence electrons. The van der Waals surface area contributed by atoms with Gasteiger partial charge in [0.2, 0.25) is 0 Å². The minimum atomic E-state index is -0.808. The van der Waals surface area contributed by atoms with Gasteiger partial charge in [0.25, 0.3) is 0 Å². The SMILES string of the molecule is CC/C=C\C/C=C\C/C=C\C/C=C\C/C=C\C/C=C\C/C=C\CCCC(=O)OC(COC(=O)CCCCCCCCCCCCC)COC(=O)CCCCCCCCCCCCCCC/C=C\CCCCCCCCCC. The predicted molar refractivity (Wildman–Crippen MR) is 334 cm³/mol. The van der Waals surface area contributed by atoms with Crippen molar-refractivity contribution in [2.24, 2.45) is 0 Å². The van der Waals surface area contributed by atoms with Gasteiger partial charge in [0.05, 0.1) is 0 Å². The third-order valence-electron chi connectivity index (χ3n) is 14.1. The van der Waals surface area contributed by atoms with E-state index in [1.807, 2.05) is 0 Å². The van der Waals surface area contributed by atoms with Crippen molar-refractivity contribution in [2.45, 2.75) is 322 Å². The van der Waals surface area contributed by atoms with E-state index in [9.17, 15) is 14.4 Å². The van der Waals surface area contributed by atoms with Gasteiger partial charge in [0, 0.05) is 19.3 Å². The Morgan fingerprint density at radius 3 is 0.844 bits per heavy atom. The van der Waals surface area contributed by atoms with Crippen LogP contribution in [0, 0.1) is 0 Å². The van der Waals surface area contributed by atoms with Gasteiger partial charge in [-0.2, -0.15) is 0 Å². The summed E-state index contributed by atoms with van der Waals surface area (Å²) in [7, 11) is 0.